The van der Waals surface area contributed by atoms with Crippen molar-refractivity contribution in [3.63, 3.8) is 0 Å². The van der Waals surface area contributed by atoms with E-state index in [1.165, 1.54) is 128 Å². The van der Waals surface area contributed by atoms with Crippen molar-refractivity contribution in [2.24, 2.45) is 7.05 Å². The fourth-order valence-corrected chi connectivity index (χ4v) is 5.21. The summed E-state index contributed by atoms with van der Waals surface area (Å²) in [5.74, 6) is 0. The maximum absolute atomic E-state index is 6.12. The molecular weight excluding hydrogens is 418 g/mol. The molecule has 0 saturated carbocycles. The lowest BCUT2D eigenvalue weighted by molar-refractivity contribution is -0.672. The van der Waals surface area contributed by atoms with Gasteiger partial charge in [0.25, 0.3) is 0 Å². The van der Waals surface area contributed by atoms with E-state index in [2.05, 4.69) is 29.8 Å². The Morgan fingerprint density at radius 3 is 1.82 bits per heavy atom. The van der Waals surface area contributed by atoms with Gasteiger partial charge in [-0.2, -0.15) is 0 Å². The molecule has 1 aliphatic heterocycles. The molecule has 0 aromatic carbocycles. The summed E-state index contributed by atoms with van der Waals surface area (Å²) in [5.41, 5.74) is 1.21. The molecule has 2 unspecified atom stereocenters. The van der Waals surface area contributed by atoms with Gasteiger partial charge in [0.1, 0.15) is 7.05 Å². The SMILES string of the molecule is CCCCCCCCCCCCCCCCCCCCC1CCC(OCc2ccc[n+](C)c2)O1. The van der Waals surface area contributed by atoms with Gasteiger partial charge in [-0.1, -0.05) is 122 Å². The minimum absolute atomic E-state index is 0.00828. The van der Waals surface area contributed by atoms with Crippen LogP contribution in [0.5, 0.6) is 0 Å². The van der Waals surface area contributed by atoms with E-state index in [-0.39, 0.29) is 6.29 Å². The Bertz CT molecular complexity index is 591. The van der Waals surface area contributed by atoms with E-state index in [9.17, 15) is 0 Å². The highest BCUT2D eigenvalue weighted by Gasteiger charge is 2.25. The molecule has 2 atom stereocenters. The number of aryl methyl sites for hydroxylation is 1. The van der Waals surface area contributed by atoms with Crippen LogP contribution in [0.4, 0.5) is 0 Å². The molecule has 34 heavy (non-hydrogen) atoms. The summed E-state index contributed by atoms with van der Waals surface area (Å²) < 4.78 is 14.2. The first-order valence-corrected chi connectivity index (χ1v) is 15.0. The van der Waals surface area contributed by atoms with Crippen molar-refractivity contribution in [3.8, 4) is 0 Å². The summed E-state index contributed by atoms with van der Waals surface area (Å²) in [7, 11) is 2.05. The Morgan fingerprint density at radius 1 is 0.765 bits per heavy atom. The summed E-state index contributed by atoms with van der Waals surface area (Å²) >= 11 is 0. The van der Waals surface area contributed by atoms with Crippen LogP contribution in [0, 0.1) is 0 Å². The zero-order valence-electron chi connectivity index (χ0n) is 22.8. The Morgan fingerprint density at radius 2 is 1.29 bits per heavy atom. The molecule has 196 valence electrons. The van der Waals surface area contributed by atoms with Gasteiger partial charge >= 0.3 is 0 Å². The molecule has 1 aromatic heterocycles. The Labute approximate surface area is 212 Å². The van der Waals surface area contributed by atoms with Crippen molar-refractivity contribution < 1.29 is 14.0 Å². The molecule has 0 amide bonds. The van der Waals surface area contributed by atoms with Gasteiger partial charge < -0.3 is 9.47 Å². The van der Waals surface area contributed by atoms with Crippen molar-refractivity contribution in [1.29, 1.82) is 0 Å². The fraction of sp³-hybridized carbons (Fsp3) is 0.839. The average molecular weight is 475 g/mol. The van der Waals surface area contributed by atoms with E-state index < -0.39 is 0 Å². The second kappa shape index (κ2) is 20.3. The van der Waals surface area contributed by atoms with Crippen LogP contribution < -0.4 is 4.57 Å². The zero-order chi connectivity index (χ0) is 24.1. The topological polar surface area (TPSA) is 22.3 Å². The third-order valence-electron chi connectivity index (χ3n) is 7.39. The second-order valence-corrected chi connectivity index (χ2v) is 10.8. The Kier molecular flexibility index (Phi) is 17.5. The number of hydrogen-bond acceptors (Lipinski definition) is 2. The molecule has 0 radical (unpaired) electrons. The molecule has 0 aliphatic carbocycles. The number of unbranched alkanes of at least 4 members (excludes halogenated alkanes) is 17. The van der Waals surface area contributed by atoms with Gasteiger partial charge in [0.2, 0.25) is 0 Å². The van der Waals surface area contributed by atoms with Crippen LogP contribution in [-0.4, -0.2) is 12.4 Å². The molecule has 2 rings (SSSR count). The van der Waals surface area contributed by atoms with E-state index in [0.29, 0.717) is 12.7 Å². The number of nitrogens with zero attached hydrogens (tertiary/aromatic N) is 1. The third-order valence-corrected chi connectivity index (χ3v) is 7.39. The normalized spacial score (nSPS) is 18.1. The number of pyridine rings is 1. The molecule has 0 N–H and O–H groups in total. The van der Waals surface area contributed by atoms with Crippen LogP contribution in [-0.2, 0) is 23.1 Å². The average Bonchev–Trinajstić information content (AvgIpc) is 3.30. The number of hydrogen-bond donors (Lipinski definition) is 0. The smallest absolute Gasteiger partial charge is 0.174 e. The van der Waals surface area contributed by atoms with Gasteiger partial charge in [0.15, 0.2) is 18.7 Å². The molecule has 1 aromatic rings. The van der Waals surface area contributed by atoms with Crippen LogP contribution in [0.25, 0.3) is 0 Å². The quantitative estimate of drug-likeness (QED) is 0.124. The van der Waals surface area contributed by atoms with E-state index >= 15 is 0 Å². The molecule has 3 heteroatoms. The van der Waals surface area contributed by atoms with E-state index in [1.54, 1.807) is 0 Å². The van der Waals surface area contributed by atoms with Gasteiger partial charge in [0.05, 0.1) is 12.7 Å². The van der Waals surface area contributed by atoms with Crippen LogP contribution in [0.2, 0.25) is 0 Å². The first-order chi connectivity index (χ1) is 16.8. The van der Waals surface area contributed by atoms with Crippen molar-refractivity contribution in [1.82, 2.24) is 0 Å². The van der Waals surface area contributed by atoms with Crippen LogP contribution in [0.3, 0.4) is 0 Å². The van der Waals surface area contributed by atoms with Crippen LogP contribution in [0.15, 0.2) is 24.5 Å². The first kappa shape index (κ1) is 29.3. The number of rotatable bonds is 22. The predicted molar refractivity (Wildman–Crippen MR) is 144 cm³/mol. The minimum atomic E-state index is -0.00828. The number of aromatic nitrogens is 1. The number of ether oxygens (including phenoxy) is 2. The Hall–Kier alpha value is -0.930. The lowest BCUT2D eigenvalue weighted by Gasteiger charge is -2.14. The second-order valence-electron chi connectivity index (χ2n) is 10.8. The van der Waals surface area contributed by atoms with Gasteiger partial charge in [-0.15, -0.1) is 0 Å². The van der Waals surface area contributed by atoms with Gasteiger partial charge in [-0.25, -0.2) is 4.57 Å². The van der Waals surface area contributed by atoms with Crippen LogP contribution in [0.1, 0.15) is 147 Å². The standard InChI is InChI=1S/C31H56NO2/c1-3-4-5-6-7-8-9-10-11-12-13-14-15-16-17-18-19-20-23-30-24-25-31(34-30)33-28-29-22-21-26-32(2)27-29/h21-22,26-27,30-31H,3-20,23-25,28H2,1-2H3/q+1. The molecule has 1 aliphatic rings. The molecule has 1 saturated heterocycles. The van der Waals surface area contributed by atoms with Crippen LogP contribution >= 0.6 is 0 Å². The highest BCUT2D eigenvalue weighted by Crippen LogP contribution is 2.25. The van der Waals surface area contributed by atoms with Gasteiger partial charge in [0, 0.05) is 18.1 Å². The predicted octanol–water partition coefficient (Wildman–Crippen LogP) is 8.96. The lowest BCUT2D eigenvalue weighted by Crippen LogP contribution is -2.27. The maximum atomic E-state index is 6.12. The molecule has 3 nitrogen and oxygen atoms in total. The lowest BCUT2D eigenvalue weighted by atomic mass is 10.0. The monoisotopic (exact) mass is 474 g/mol. The largest absolute Gasteiger partial charge is 0.349 e. The molecule has 0 spiro atoms. The van der Waals surface area contributed by atoms with E-state index in [1.807, 2.05) is 13.2 Å². The van der Waals surface area contributed by atoms with Crippen molar-refractivity contribution in [2.45, 2.75) is 161 Å². The Balaban J connectivity index is 1.28. The maximum Gasteiger partial charge on any atom is 0.174 e. The highest BCUT2D eigenvalue weighted by atomic mass is 16.7. The van der Waals surface area contributed by atoms with Crippen molar-refractivity contribution >= 4 is 0 Å². The van der Waals surface area contributed by atoms with E-state index in [0.717, 1.165) is 12.8 Å². The molecular formula is C31H56NO2+. The zero-order valence-corrected chi connectivity index (χ0v) is 22.8. The van der Waals surface area contributed by atoms with Gasteiger partial charge in [-0.05, 0) is 18.9 Å². The molecule has 2 heterocycles. The fourth-order valence-electron chi connectivity index (χ4n) is 5.21. The summed E-state index contributed by atoms with van der Waals surface area (Å²) in [4.78, 5) is 0. The minimum Gasteiger partial charge on any atom is -0.349 e. The van der Waals surface area contributed by atoms with Gasteiger partial charge in [-0.3, -0.25) is 0 Å². The van der Waals surface area contributed by atoms with E-state index in [4.69, 9.17) is 9.47 Å². The van der Waals surface area contributed by atoms with Crippen molar-refractivity contribution in [3.05, 3.63) is 30.1 Å². The third kappa shape index (κ3) is 15.1. The molecule has 1 fully saturated rings. The highest BCUT2D eigenvalue weighted by molar-refractivity contribution is 5.03. The van der Waals surface area contributed by atoms with Crippen molar-refractivity contribution in [2.75, 3.05) is 0 Å². The molecule has 0 bridgehead atoms. The summed E-state index contributed by atoms with van der Waals surface area (Å²) in [6, 6.07) is 4.18. The first-order valence-electron chi connectivity index (χ1n) is 15.0. The summed E-state index contributed by atoms with van der Waals surface area (Å²) in [6.07, 6.45) is 33.8. The summed E-state index contributed by atoms with van der Waals surface area (Å²) in [5, 5.41) is 0. The summed E-state index contributed by atoms with van der Waals surface area (Å²) in [6.45, 7) is 2.94.